The van der Waals surface area contributed by atoms with Gasteiger partial charge in [0.1, 0.15) is 16.8 Å². The highest BCUT2D eigenvalue weighted by atomic mass is 35.5. The zero-order valence-corrected chi connectivity index (χ0v) is 13.9. The minimum atomic E-state index is 0.265. The van der Waals surface area contributed by atoms with Crippen LogP contribution in [0.4, 0.5) is 5.82 Å². The molecule has 2 aromatic rings. The van der Waals surface area contributed by atoms with E-state index >= 15 is 0 Å². The highest BCUT2D eigenvalue weighted by Crippen LogP contribution is 2.24. The average Bonchev–Trinajstić information content (AvgIpc) is 2.87. The molecule has 0 unspecified atom stereocenters. The van der Waals surface area contributed by atoms with E-state index in [4.69, 9.17) is 11.6 Å². The van der Waals surface area contributed by atoms with E-state index in [0.717, 1.165) is 30.2 Å². The lowest BCUT2D eigenvalue weighted by molar-refractivity contribution is 0.771. The Morgan fingerprint density at radius 2 is 2.10 bits per heavy atom. The molecule has 108 valence electrons. The van der Waals surface area contributed by atoms with Crippen LogP contribution in [0.3, 0.4) is 0 Å². The summed E-state index contributed by atoms with van der Waals surface area (Å²) >= 11 is 7.97. The summed E-state index contributed by atoms with van der Waals surface area (Å²) in [4.78, 5) is 10.3. The fourth-order valence-corrected chi connectivity index (χ4v) is 3.03. The van der Waals surface area contributed by atoms with Crippen LogP contribution in [0.2, 0.25) is 5.15 Å². The second kappa shape index (κ2) is 6.55. The van der Waals surface area contributed by atoms with E-state index in [0.29, 0.717) is 5.15 Å². The molecule has 0 radical (unpaired) electrons. The van der Waals surface area contributed by atoms with E-state index in [-0.39, 0.29) is 5.92 Å². The van der Waals surface area contributed by atoms with Crippen molar-refractivity contribution in [1.29, 1.82) is 0 Å². The van der Waals surface area contributed by atoms with Gasteiger partial charge in [-0.25, -0.2) is 9.97 Å². The van der Waals surface area contributed by atoms with Gasteiger partial charge in [-0.2, -0.15) is 0 Å². The van der Waals surface area contributed by atoms with Crippen LogP contribution in [0, 0.1) is 6.92 Å². The predicted octanol–water partition coefficient (Wildman–Crippen LogP) is 4.80. The molecule has 0 aliphatic heterocycles. The molecule has 0 atom stereocenters. The van der Waals surface area contributed by atoms with E-state index in [1.165, 1.54) is 10.4 Å². The number of nitrogens with one attached hydrogen (secondary N) is 1. The number of rotatable bonds is 5. The van der Waals surface area contributed by atoms with Gasteiger partial charge in [0, 0.05) is 16.4 Å². The van der Waals surface area contributed by atoms with E-state index in [2.05, 4.69) is 47.5 Å². The zero-order chi connectivity index (χ0) is 14.7. The molecule has 3 nitrogen and oxygen atoms in total. The molecule has 0 fully saturated rings. The lowest BCUT2D eigenvalue weighted by Crippen LogP contribution is -2.08. The van der Waals surface area contributed by atoms with Crippen LogP contribution in [-0.2, 0) is 13.0 Å². The molecule has 0 spiro atoms. The van der Waals surface area contributed by atoms with E-state index in [9.17, 15) is 0 Å². The van der Waals surface area contributed by atoms with Crippen molar-refractivity contribution in [3.63, 3.8) is 0 Å². The molecule has 0 aliphatic carbocycles. The summed E-state index contributed by atoms with van der Waals surface area (Å²) in [7, 11) is 0. The van der Waals surface area contributed by atoms with Crippen molar-refractivity contribution in [1.82, 2.24) is 9.97 Å². The molecular formula is C15H20ClN3S. The van der Waals surface area contributed by atoms with Gasteiger partial charge in [0.15, 0.2) is 0 Å². The van der Waals surface area contributed by atoms with Gasteiger partial charge < -0.3 is 5.32 Å². The summed E-state index contributed by atoms with van der Waals surface area (Å²) < 4.78 is 0. The number of thiophene rings is 1. The van der Waals surface area contributed by atoms with Crippen molar-refractivity contribution >= 4 is 28.8 Å². The molecule has 0 amide bonds. The van der Waals surface area contributed by atoms with Gasteiger partial charge >= 0.3 is 0 Å². The summed E-state index contributed by atoms with van der Waals surface area (Å²) in [5, 5.41) is 6.07. The van der Waals surface area contributed by atoms with E-state index in [1.54, 1.807) is 11.3 Å². The van der Waals surface area contributed by atoms with Gasteiger partial charge in [-0.3, -0.25) is 0 Å². The summed E-state index contributed by atoms with van der Waals surface area (Å²) in [5.41, 5.74) is 2.30. The van der Waals surface area contributed by atoms with Gasteiger partial charge in [-0.1, -0.05) is 32.4 Å². The highest BCUT2D eigenvalue weighted by Gasteiger charge is 2.12. The number of nitrogens with zero attached hydrogens (tertiary/aromatic N) is 2. The Bertz CT molecular complexity index is 593. The summed E-state index contributed by atoms with van der Waals surface area (Å²) in [6.07, 6.45) is 1.06. The third-order valence-electron chi connectivity index (χ3n) is 3.26. The molecule has 0 aliphatic rings. The number of anilines is 1. The molecule has 2 heterocycles. The Hall–Kier alpha value is -1.13. The van der Waals surface area contributed by atoms with Crippen LogP contribution < -0.4 is 5.32 Å². The maximum absolute atomic E-state index is 6.19. The molecule has 1 N–H and O–H groups in total. The van der Waals surface area contributed by atoms with Gasteiger partial charge in [-0.05, 0) is 30.4 Å². The van der Waals surface area contributed by atoms with Crippen LogP contribution >= 0.6 is 22.9 Å². The van der Waals surface area contributed by atoms with Gasteiger partial charge in [0.25, 0.3) is 0 Å². The number of hydrogen-bond donors (Lipinski definition) is 1. The maximum atomic E-state index is 6.19. The van der Waals surface area contributed by atoms with Crippen LogP contribution in [0.1, 0.15) is 48.5 Å². The SMILES string of the molecule is CCc1ccsc1CNc1nc(C(C)C)nc(Cl)c1C. The summed E-state index contributed by atoms with van der Waals surface area (Å²) in [6, 6.07) is 2.18. The second-order valence-corrected chi connectivity index (χ2v) is 6.44. The Labute approximate surface area is 129 Å². The molecule has 20 heavy (non-hydrogen) atoms. The molecule has 2 aromatic heterocycles. The average molecular weight is 310 g/mol. The summed E-state index contributed by atoms with van der Waals surface area (Å²) in [6.45, 7) is 9.05. The smallest absolute Gasteiger partial charge is 0.137 e. The first-order valence-electron chi connectivity index (χ1n) is 6.86. The number of halogens is 1. The van der Waals surface area contributed by atoms with Crippen molar-refractivity contribution in [2.45, 2.75) is 46.6 Å². The standard InChI is InChI=1S/C15H20ClN3S/c1-5-11-6-7-20-12(11)8-17-15-10(4)13(16)18-14(19-15)9(2)3/h6-7,9H,5,8H2,1-4H3,(H,17,18,19). The van der Waals surface area contributed by atoms with Crippen molar-refractivity contribution in [2.75, 3.05) is 5.32 Å². The van der Waals surface area contributed by atoms with Gasteiger partial charge in [-0.15, -0.1) is 11.3 Å². The lowest BCUT2D eigenvalue weighted by atomic mass is 10.2. The Morgan fingerprint density at radius 1 is 1.35 bits per heavy atom. The van der Waals surface area contributed by atoms with Crippen LogP contribution in [0.15, 0.2) is 11.4 Å². The Morgan fingerprint density at radius 3 is 2.75 bits per heavy atom. The molecule has 2 rings (SSSR count). The van der Waals surface area contributed by atoms with Gasteiger partial charge in [0.05, 0.1) is 6.54 Å². The normalized spacial score (nSPS) is 11.1. The fraction of sp³-hybridized carbons (Fsp3) is 0.467. The molecule has 0 aromatic carbocycles. The van der Waals surface area contributed by atoms with E-state index < -0.39 is 0 Å². The van der Waals surface area contributed by atoms with Gasteiger partial charge in [0.2, 0.25) is 0 Å². The summed E-state index contributed by atoms with van der Waals surface area (Å²) in [5.74, 6) is 1.88. The first-order valence-corrected chi connectivity index (χ1v) is 8.11. The van der Waals surface area contributed by atoms with Crippen molar-refractivity contribution in [3.05, 3.63) is 38.4 Å². The van der Waals surface area contributed by atoms with Crippen molar-refractivity contribution in [2.24, 2.45) is 0 Å². The zero-order valence-electron chi connectivity index (χ0n) is 12.3. The quantitative estimate of drug-likeness (QED) is 0.806. The van der Waals surface area contributed by atoms with Crippen LogP contribution in [0.5, 0.6) is 0 Å². The van der Waals surface area contributed by atoms with E-state index in [1.807, 2.05) is 6.92 Å². The van der Waals surface area contributed by atoms with Crippen molar-refractivity contribution in [3.8, 4) is 0 Å². The van der Waals surface area contributed by atoms with Crippen molar-refractivity contribution < 1.29 is 0 Å². The molecule has 0 saturated carbocycles. The minimum Gasteiger partial charge on any atom is -0.365 e. The third-order valence-corrected chi connectivity index (χ3v) is 4.59. The number of aromatic nitrogens is 2. The highest BCUT2D eigenvalue weighted by molar-refractivity contribution is 7.10. The molecule has 0 saturated heterocycles. The minimum absolute atomic E-state index is 0.265. The topological polar surface area (TPSA) is 37.8 Å². The van der Waals surface area contributed by atoms with Crippen LogP contribution in [-0.4, -0.2) is 9.97 Å². The number of aryl methyl sites for hydroxylation is 1. The molecular weight excluding hydrogens is 290 g/mol. The fourth-order valence-electron chi connectivity index (χ4n) is 1.94. The lowest BCUT2D eigenvalue weighted by Gasteiger charge is -2.13. The van der Waals surface area contributed by atoms with Crippen LogP contribution in [0.25, 0.3) is 0 Å². The first kappa shape index (κ1) is 15.3. The monoisotopic (exact) mass is 309 g/mol. The Balaban J connectivity index is 2.21. The Kier molecular flexibility index (Phi) is 5.00. The predicted molar refractivity (Wildman–Crippen MR) is 86.9 cm³/mol. The maximum Gasteiger partial charge on any atom is 0.137 e. The first-order chi connectivity index (χ1) is 9.52. The largest absolute Gasteiger partial charge is 0.365 e. The molecule has 5 heteroatoms. The number of hydrogen-bond acceptors (Lipinski definition) is 4. The third kappa shape index (κ3) is 3.30. The molecule has 0 bridgehead atoms. The second-order valence-electron chi connectivity index (χ2n) is 5.08.